The summed E-state index contributed by atoms with van der Waals surface area (Å²) in [6.45, 7) is 1.14. The number of carbonyl (C=O) groups is 1. The van der Waals surface area contributed by atoms with E-state index in [4.69, 9.17) is 4.74 Å². The molecule has 0 aliphatic carbocycles. The Bertz CT molecular complexity index is 552. The van der Waals surface area contributed by atoms with E-state index in [2.05, 4.69) is 5.32 Å². The molecule has 2 rings (SSSR count). The van der Waals surface area contributed by atoms with Crippen LogP contribution in [-0.2, 0) is 17.8 Å². The number of benzene rings is 2. The second-order valence-electron chi connectivity index (χ2n) is 4.57. The topological polar surface area (TPSA) is 38.3 Å². The van der Waals surface area contributed by atoms with Crippen molar-refractivity contribution in [1.82, 2.24) is 5.32 Å². The van der Waals surface area contributed by atoms with Gasteiger partial charge in [0.25, 0.3) is 0 Å². The molecular weight excluding hydrogens is 250 g/mol. The van der Waals surface area contributed by atoms with Crippen molar-refractivity contribution < 1.29 is 9.53 Å². The Morgan fingerprint density at radius 1 is 1.05 bits per heavy atom. The normalized spacial score (nSPS) is 10.2. The lowest BCUT2D eigenvalue weighted by molar-refractivity contribution is 0.0471. The van der Waals surface area contributed by atoms with Crippen molar-refractivity contribution in [2.75, 3.05) is 13.6 Å². The molecule has 0 spiro atoms. The zero-order valence-corrected chi connectivity index (χ0v) is 11.6. The van der Waals surface area contributed by atoms with Crippen LogP contribution in [-0.4, -0.2) is 19.6 Å². The molecule has 3 nitrogen and oxygen atoms in total. The molecule has 20 heavy (non-hydrogen) atoms. The number of nitrogens with one attached hydrogen (secondary N) is 1. The molecule has 0 aliphatic heterocycles. The molecular formula is C17H19NO2. The molecule has 0 radical (unpaired) electrons. The molecule has 0 aromatic heterocycles. The van der Waals surface area contributed by atoms with E-state index in [0.29, 0.717) is 12.2 Å². The molecule has 0 amide bonds. The summed E-state index contributed by atoms with van der Waals surface area (Å²) < 4.78 is 5.38. The third-order valence-corrected chi connectivity index (χ3v) is 3.09. The second-order valence-corrected chi connectivity index (χ2v) is 4.57. The minimum Gasteiger partial charge on any atom is -0.457 e. The van der Waals surface area contributed by atoms with Crippen molar-refractivity contribution in [2.24, 2.45) is 0 Å². The SMILES string of the molecule is CNCCc1ccccc1C(=O)OCc1ccccc1. The maximum Gasteiger partial charge on any atom is 0.338 e. The average Bonchev–Trinajstić information content (AvgIpc) is 2.52. The molecule has 0 aliphatic rings. The summed E-state index contributed by atoms with van der Waals surface area (Å²) in [5.74, 6) is -0.263. The van der Waals surface area contributed by atoms with Crippen LogP contribution < -0.4 is 5.32 Å². The van der Waals surface area contributed by atoms with E-state index >= 15 is 0 Å². The first-order chi connectivity index (χ1) is 9.81. The predicted molar refractivity (Wildman–Crippen MR) is 79.6 cm³/mol. The first kappa shape index (κ1) is 14.3. The smallest absolute Gasteiger partial charge is 0.338 e. The lowest BCUT2D eigenvalue weighted by Gasteiger charge is -2.09. The Hall–Kier alpha value is -2.13. The lowest BCUT2D eigenvalue weighted by atomic mass is 10.0. The lowest BCUT2D eigenvalue weighted by Crippen LogP contribution is -2.14. The Morgan fingerprint density at radius 2 is 1.75 bits per heavy atom. The number of likely N-dealkylation sites (N-methyl/N-ethyl adjacent to an activating group) is 1. The molecule has 0 unspecified atom stereocenters. The summed E-state index contributed by atoms with van der Waals surface area (Å²) in [5, 5.41) is 3.09. The molecule has 0 saturated heterocycles. The minimum atomic E-state index is -0.263. The van der Waals surface area contributed by atoms with E-state index in [-0.39, 0.29) is 5.97 Å². The van der Waals surface area contributed by atoms with Crippen LogP contribution >= 0.6 is 0 Å². The molecule has 1 N–H and O–H groups in total. The first-order valence-electron chi connectivity index (χ1n) is 6.75. The number of rotatable bonds is 6. The van der Waals surface area contributed by atoms with Crippen molar-refractivity contribution in [1.29, 1.82) is 0 Å². The van der Waals surface area contributed by atoms with Gasteiger partial charge in [0.05, 0.1) is 5.56 Å². The predicted octanol–water partition coefficient (Wildman–Crippen LogP) is 2.81. The van der Waals surface area contributed by atoms with Gasteiger partial charge in [0.15, 0.2) is 0 Å². The van der Waals surface area contributed by atoms with Crippen LogP contribution in [0.25, 0.3) is 0 Å². The van der Waals surface area contributed by atoms with Crippen LogP contribution in [0.2, 0.25) is 0 Å². The third kappa shape index (κ3) is 3.93. The Morgan fingerprint density at radius 3 is 2.50 bits per heavy atom. The maximum atomic E-state index is 12.2. The molecule has 0 bridgehead atoms. The first-order valence-corrected chi connectivity index (χ1v) is 6.75. The van der Waals surface area contributed by atoms with Gasteiger partial charge in [0.2, 0.25) is 0 Å². The number of hydrogen-bond acceptors (Lipinski definition) is 3. The largest absolute Gasteiger partial charge is 0.457 e. The van der Waals surface area contributed by atoms with Gasteiger partial charge in [-0.15, -0.1) is 0 Å². The van der Waals surface area contributed by atoms with Crippen molar-refractivity contribution >= 4 is 5.97 Å². The Labute approximate surface area is 119 Å². The summed E-state index contributed by atoms with van der Waals surface area (Å²) in [6, 6.07) is 17.3. The summed E-state index contributed by atoms with van der Waals surface area (Å²) in [7, 11) is 1.90. The van der Waals surface area contributed by atoms with E-state index in [1.807, 2.05) is 61.6 Å². The quantitative estimate of drug-likeness (QED) is 0.819. The highest BCUT2D eigenvalue weighted by Crippen LogP contribution is 2.12. The molecule has 0 fully saturated rings. The summed E-state index contributed by atoms with van der Waals surface area (Å²) in [6.07, 6.45) is 0.813. The van der Waals surface area contributed by atoms with Gasteiger partial charge in [0.1, 0.15) is 6.61 Å². The fraction of sp³-hybridized carbons (Fsp3) is 0.235. The van der Waals surface area contributed by atoms with Crippen molar-refractivity contribution in [2.45, 2.75) is 13.0 Å². The number of ether oxygens (including phenoxy) is 1. The van der Waals surface area contributed by atoms with Crippen molar-refractivity contribution in [3.63, 3.8) is 0 Å². The van der Waals surface area contributed by atoms with E-state index in [0.717, 1.165) is 24.1 Å². The van der Waals surface area contributed by atoms with Crippen molar-refractivity contribution in [3.8, 4) is 0 Å². The highest BCUT2D eigenvalue weighted by Gasteiger charge is 2.11. The molecule has 2 aromatic rings. The zero-order valence-electron chi connectivity index (χ0n) is 11.6. The van der Waals surface area contributed by atoms with E-state index in [9.17, 15) is 4.79 Å². The van der Waals surface area contributed by atoms with E-state index < -0.39 is 0 Å². The zero-order chi connectivity index (χ0) is 14.2. The molecule has 0 heterocycles. The minimum absolute atomic E-state index is 0.263. The molecule has 0 saturated carbocycles. The average molecular weight is 269 g/mol. The molecule has 3 heteroatoms. The fourth-order valence-electron chi connectivity index (χ4n) is 2.00. The summed E-state index contributed by atoms with van der Waals surface area (Å²) in [5.41, 5.74) is 2.66. The van der Waals surface area contributed by atoms with E-state index in [1.165, 1.54) is 0 Å². The highest BCUT2D eigenvalue weighted by molar-refractivity contribution is 5.91. The van der Waals surface area contributed by atoms with Gasteiger partial charge in [-0.1, -0.05) is 48.5 Å². The van der Waals surface area contributed by atoms with Crippen molar-refractivity contribution in [3.05, 3.63) is 71.3 Å². The second kappa shape index (κ2) is 7.46. The fourth-order valence-corrected chi connectivity index (χ4v) is 2.00. The molecule has 104 valence electrons. The van der Waals surface area contributed by atoms with Crippen LogP contribution in [0.1, 0.15) is 21.5 Å². The number of hydrogen-bond donors (Lipinski definition) is 1. The van der Waals surface area contributed by atoms with Crippen LogP contribution in [0.4, 0.5) is 0 Å². The highest BCUT2D eigenvalue weighted by atomic mass is 16.5. The Balaban J connectivity index is 2.01. The van der Waals surface area contributed by atoms with E-state index in [1.54, 1.807) is 0 Å². The van der Waals surface area contributed by atoms with Gasteiger partial charge in [0, 0.05) is 0 Å². The molecule has 2 aromatic carbocycles. The van der Waals surface area contributed by atoms with Gasteiger partial charge in [-0.2, -0.15) is 0 Å². The maximum absolute atomic E-state index is 12.2. The van der Waals surface area contributed by atoms with Gasteiger partial charge in [-0.3, -0.25) is 0 Å². The van der Waals surface area contributed by atoms with Crippen LogP contribution in [0.15, 0.2) is 54.6 Å². The van der Waals surface area contributed by atoms with Gasteiger partial charge >= 0.3 is 5.97 Å². The number of esters is 1. The van der Waals surface area contributed by atoms with Crippen LogP contribution in [0.5, 0.6) is 0 Å². The standard InChI is InChI=1S/C17H19NO2/c1-18-12-11-15-9-5-6-10-16(15)17(19)20-13-14-7-3-2-4-8-14/h2-10,18H,11-13H2,1H3. The van der Waals surface area contributed by atoms with Crippen LogP contribution in [0, 0.1) is 0 Å². The van der Waals surface area contributed by atoms with Crippen LogP contribution in [0.3, 0.4) is 0 Å². The number of carbonyl (C=O) groups excluding carboxylic acids is 1. The van der Waals surface area contributed by atoms with Gasteiger partial charge < -0.3 is 10.1 Å². The van der Waals surface area contributed by atoms with Gasteiger partial charge in [-0.05, 0) is 37.2 Å². The summed E-state index contributed by atoms with van der Waals surface area (Å²) >= 11 is 0. The molecule has 0 atom stereocenters. The third-order valence-electron chi connectivity index (χ3n) is 3.09. The summed E-state index contributed by atoms with van der Waals surface area (Å²) in [4.78, 5) is 12.2. The monoisotopic (exact) mass is 269 g/mol. The Kier molecular flexibility index (Phi) is 5.33. The van der Waals surface area contributed by atoms with Gasteiger partial charge in [-0.25, -0.2) is 4.79 Å².